The van der Waals surface area contributed by atoms with E-state index in [1.807, 2.05) is 48.5 Å². The zero-order valence-electron chi connectivity index (χ0n) is 20.6. The van der Waals surface area contributed by atoms with Crippen LogP contribution in [0.1, 0.15) is 48.9 Å². The largest absolute Gasteiger partial charge is 0.457 e. The van der Waals surface area contributed by atoms with Crippen molar-refractivity contribution < 1.29 is 9.47 Å². The first-order valence-electron chi connectivity index (χ1n) is 12.3. The van der Waals surface area contributed by atoms with Crippen LogP contribution in [0.4, 0.5) is 11.4 Å². The number of rotatable bonds is 10. The molecule has 0 atom stereocenters. The van der Waals surface area contributed by atoms with E-state index in [1.165, 1.54) is 11.1 Å². The molecule has 0 spiro atoms. The Morgan fingerprint density at radius 3 is 1.31 bits per heavy atom. The minimum absolute atomic E-state index is 0.698. The molecule has 4 rings (SSSR count). The molecule has 0 saturated carbocycles. The Kier molecular flexibility index (Phi) is 7.94. The Balaban J connectivity index is 1.70. The van der Waals surface area contributed by atoms with Crippen LogP contribution in [0.2, 0.25) is 0 Å². The number of hydrogen-bond donors (Lipinski definition) is 2. The predicted molar refractivity (Wildman–Crippen MR) is 146 cm³/mol. The van der Waals surface area contributed by atoms with Gasteiger partial charge in [0.15, 0.2) is 0 Å². The number of aryl methyl sites for hydroxylation is 2. The summed E-state index contributed by atoms with van der Waals surface area (Å²) >= 11 is 0. The maximum absolute atomic E-state index is 6.31. The van der Waals surface area contributed by atoms with Crippen molar-refractivity contribution in [1.82, 2.24) is 0 Å². The zero-order chi connectivity index (χ0) is 24.6. The maximum Gasteiger partial charge on any atom is 0.130 e. The molecule has 0 heterocycles. The lowest BCUT2D eigenvalue weighted by Crippen LogP contribution is -2.00. The first-order chi connectivity index (χ1) is 17.0. The van der Waals surface area contributed by atoms with E-state index in [1.54, 1.807) is 0 Å². The monoisotopic (exact) mass is 466 g/mol. The van der Waals surface area contributed by atoms with E-state index in [-0.39, 0.29) is 0 Å². The summed E-state index contributed by atoms with van der Waals surface area (Å²) in [5, 5.41) is 0. The molecule has 4 heteroatoms. The fourth-order valence-electron chi connectivity index (χ4n) is 4.16. The van der Waals surface area contributed by atoms with Crippen molar-refractivity contribution in [3.8, 4) is 23.0 Å². The van der Waals surface area contributed by atoms with Crippen molar-refractivity contribution in [2.24, 2.45) is 0 Å². The molecule has 0 unspecified atom stereocenters. The molecule has 0 aliphatic heterocycles. The van der Waals surface area contributed by atoms with E-state index in [2.05, 4.69) is 50.2 Å². The van der Waals surface area contributed by atoms with Crippen LogP contribution in [0.5, 0.6) is 23.0 Å². The molecule has 0 bridgehead atoms. The van der Waals surface area contributed by atoms with Crippen LogP contribution < -0.4 is 20.9 Å². The van der Waals surface area contributed by atoms with E-state index in [0.717, 1.165) is 59.8 Å². The van der Waals surface area contributed by atoms with Gasteiger partial charge in [-0.25, -0.2) is 0 Å². The second kappa shape index (κ2) is 11.5. The summed E-state index contributed by atoms with van der Waals surface area (Å²) in [5.41, 5.74) is 18.0. The second-order valence-electron chi connectivity index (χ2n) is 8.90. The Morgan fingerprint density at radius 1 is 0.543 bits per heavy atom. The van der Waals surface area contributed by atoms with Crippen molar-refractivity contribution in [2.75, 3.05) is 11.5 Å². The summed E-state index contributed by atoms with van der Waals surface area (Å²) in [6, 6.07) is 28.0. The van der Waals surface area contributed by atoms with Crippen LogP contribution in [0.15, 0.2) is 84.9 Å². The molecule has 0 aliphatic rings. The van der Waals surface area contributed by atoms with E-state index in [0.29, 0.717) is 17.8 Å². The van der Waals surface area contributed by atoms with Crippen molar-refractivity contribution >= 4 is 11.4 Å². The molecule has 4 N–H and O–H groups in total. The summed E-state index contributed by atoms with van der Waals surface area (Å²) in [5.74, 6) is 3.21. The van der Waals surface area contributed by atoms with Gasteiger partial charge in [-0.15, -0.1) is 0 Å². The van der Waals surface area contributed by atoms with Gasteiger partial charge in [0, 0.05) is 17.8 Å². The molecule has 0 saturated heterocycles. The molecular weight excluding hydrogens is 432 g/mol. The SMILES string of the molecule is CCCc1ccc(Oc2ccc(N)cc2)c(Cc2cc(CCC)ccc2Oc2ccc(N)cc2)c1. The Hall–Kier alpha value is -3.92. The predicted octanol–water partition coefficient (Wildman–Crippen LogP) is 7.93. The third kappa shape index (κ3) is 6.57. The molecule has 4 nitrogen and oxygen atoms in total. The Labute approximate surface area is 208 Å². The average molecular weight is 467 g/mol. The number of anilines is 2. The molecule has 0 aromatic heterocycles. The minimum atomic E-state index is 0.698. The average Bonchev–Trinajstić information content (AvgIpc) is 2.85. The summed E-state index contributed by atoms with van der Waals surface area (Å²) in [6.45, 7) is 4.40. The number of ether oxygens (including phenoxy) is 2. The summed E-state index contributed by atoms with van der Waals surface area (Å²) in [6.07, 6.45) is 4.94. The van der Waals surface area contributed by atoms with E-state index < -0.39 is 0 Å². The van der Waals surface area contributed by atoms with E-state index >= 15 is 0 Å². The molecular formula is C31H34N2O2. The van der Waals surface area contributed by atoms with Gasteiger partial charge in [-0.3, -0.25) is 0 Å². The molecule has 0 fully saturated rings. The van der Waals surface area contributed by atoms with Gasteiger partial charge in [0.05, 0.1) is 0 Å². The quantitative estimate of drug-likeness (QED) is 0.233. The summed E-state index contributed by atoms with van der Waals surface area (Å²) < 4.78 is 12.6. The zero-order valence-corrected chi connectivity index (χ0v) is 20.6. The van der Waals surface area contributed by atoms with Gasteiger partial charge in [0.1, 0.15) is 23.0 Å². The first-order valence-corrected chi connectivity index (χ1v) is 12.3. The molecule has 0 aliphatic carbocycles. The number of benzene rings is 4. The summed E-state index contributed by atoms with van der Waals surface area (Å²) in [4.78, 5) is 0. The van der Waals surface area contributed by atoms with Crippen molar-refractivity contribution in [3.05, 3.63) is 107 Å². The van der Waals surface area contributed by atoms with Gasteiger partial charge >= 0.3 is 0 Å². The van der Waals surface area contributed by atoms with E-state index in [9.17, 15) is 0 Å². The molecule has 180 valence electrons. The van der Waals surface area contributed by atoms with Crippen LogP contribution in [0, 0.1) is 0 Å². The van der Waals surface area contributed by atoms with E-state index in [4.69, 9.17) is 20.9 Å². The van der Waals surface area contributed by atoms with Crippen LogP contribution in [0.3, 0.4) is 0 Å². The first kappa shape index (κ1) is 24.2. The second-order valence-corrected chi connectivity index (χ2v) is 8.90. The highest BCUT2D eigenvalue weighted by molar-refractivity contribution is 5.50. The van der Waals surface area contributed by atoms with Gasteiger partial charge in [0.2, 0.25) is 0 Å². The molecule has 35 heavy (non-hydrogen) atoms. The highest BCUT2D eigenvalue weighted by Gasteiger charge is 2.13. The standard InChI is InChI=1S/C31H34N2O2/c1-3-5-22-7-17-30(34-28-13-9-26(32)10-14-28)24(19-22)21-25-20-23(6-4-2)8-18-31(25)35-29-15-11-27(33)12-16-29/h7-20H,3-6,21,32-33H2,1-2H3. The lowest BCUT2D eigenvalue weighted by molar-refractivity contribution is 0.471. The van der Waals surface area contributed by atoms with Crippen molar-refractivity contribution in [3.63, 3.8) is 0 Å². The number of nitrogen functional groups attached to an aromatic ring is 2. The molecule has 4 aromatic carbocycles. The topological polar surface area (TPSA) is 70.5 Å². The highest BCUT2D eigenvalue weighted by atomic mass is 16.5. The molecule has 0 radical (unpaired) electrons. The van der Waals surface area contributed by atoms with Crippen LogP contribution in [0.25, 0.3) is 0 Å². The highest BCUT2D eigenvalue weighted by Crippen LogP contribution is 2.34. The lowest BCUT2D eigenvalue weighted by Gasteiger charge is -2.17. The summed E-state index contributed by atoms with van der Waals surface area (Å²) in [7, 11) is 0. The van der Waals surface area contributed by atoms with Crippen LogP contribution >= 0.6 is 0 Å². The van der Waals surface area contributed by atoms with Crippen molar-refractivity contribution in [2.45, 2.75) is 46.0 Å². The lowest BCUT2D eigenvalue weighted by atomic mass is 9.97. The fourth-order valence-corrected chi connectivity index (χ4v) is 4.16. The van der Waals surface area contributed by atoms with Gasteiger partial charge in [0.25, 0.3) is 0 Å². The van der Waals surface area contributed by atoms with Gasteiger partial charge in [-0.2, -0.15) is 0 Å². The Morgan fingerprint density at radius 2 is 0.943 bits per heavy atom. The van der Waals surface area contributed by atoms with Gasteiger partial charge in [-0.05, 0) is 95.8 Å². The Bertz CT molecular complexity index is 1150. The minimum Gasteiger partial charge on any atom is -0.457 e. The molecule has 4 aromatic rings. The van der Waals surface area contributed by atoms with Crippen molar-refractivity contribution in [1.29, 1.82) is 0 Å². The number of hydrogen-bond acceptors (Lipinski definition) is 4. The normalized spacial score (nSPS) is 10.8. The van der Waals surface area contributed by atoms with Crippen LogP contribution in [-0.4, -0.2) is 0 Å². The smallest absolute Gasteiger partial charge is 0.130 e. The molecule has 0 amide bonds. The van der Waals surface area contributed by atoms with Gasteiger partial charge in [-0.1, -0.05) is 51.0 Å². The van der Waals surface area contributed by atoms with Crippen LogP contribution in [-0.2, 0) is 19.3 Å². The third-order valence-electron chi connectivity index (χ3n) is 5.92. The third-order valence-corrected chi connectivity index (χ3v) is 5.92. The fraction of sp³-hybridized carbons (Fsp3) is 0.226. The maximum atomic E-state index is 6.31. The number of nitrogens with two attached hydrogens (primary N) is 2. The van der Waals surface area contributed by atoms with Gasteiger partial charge < -0.3 is 20.9 Å².